The average Bonchev–Trinajstić information content (AvgIpc) is 2.72. The second-order valence-corrected chi connectivity index (χ2v) is 6.47. The van der Waals surface area contributed by atoms with Crippen LogP contribution in [0.1, 0.15) is 18.4 Å². The number of para-hydroxylation sites is 1. The number of hydrogen-bond donors (Lipinski definition) is 1. The van der Waals surface area contributed by atoms with Crippen LogP contribution in [-0.4, -0.2) is 42.6 Å². The molecule has 2 amide bonds. The Bertz CT molecular complexity index is 728. The third-order valence-corrected chi connectivity index (χ3v) is 4.44. The summed E-state index contributed by atoms with van der Waals surface area (Å²) in [6.07, 6.45) is 1.10. The number of carbonyl (C=O) groups is 2. The van der Waals surface area contributed by atoms with E-state index in [1.807, 2.05) is 60.7 Å². The Labute approximate surface area is 159 Å². The topological polar surface area (TPSA) is 67.9 Å². The van der Waals surface area contributed by atoms with E-state index in [-0.39, 0.29) is 31.3 Å². The average molecular weight is 368 g/mol. The van der Waals surface area contributed by atoms with E-state index < -0.39 is 0 Å². The van der Waals surface area contributed by atoms with Gasteiger partial charge in [-0.15, -0.1) is 0 Å². The normalized spacial score (nSPS) is 14.4. The van der Waals surface area contributed by atoms with Gasteiger partial charge < -0.3 is 19.7 Å². The lowest BCUT2D eigenvalue weighted by atomic mass is 10.1. The minimum atomic E-state index is -0.309. The van der Waals surface area contributed by atoms with E-state index in [4.69, 9.17) is 9.47 Å². The highest BCUT2D eigenvalue weighted by Gasteiger charge is 2.24. The lowest BCUT2D eigenvalue weighted by molar-refractivity contribution is -0.124. The third-order valence-electron chi connectivity index (χ3n) is 4.44. The highest BCUT2D eigenvalue weighted by atomic mass is 16.6. The molecule has 0 spiro atoms. The Kier molecular flexibility index (Phi) is 6.68. The lowest BCUT2D eigenvalue weighted by Crippen LogP contribution is -2.47. The van der Waals surface area contributed by atoms with Crippen molar-refractivity contribution in [2.45, 2.75) is 25.5 Å². The molecule has 1 saturated heterocycles. The molecule has 1 N–H and O–H groups in total. The first-order chi connectivity index (χ1) is 13.2. The molecule has 0 bridgehead atoms. The molecule has 1 aliphatic rings. The predicted octanol–water partition coefficient (Wildman–Crippen LogP) is 2.98. The number of ether oxygens (including phenoxy) is 2. The summed E-state index contributed by atoms with van der Waals surface area (Å²) in [4.78, 5) is 25.9. The summed E-state index contributed by atoms with van der Waals surface area (Å²) < 4.78 is 10.8. The standard InChI is InChI=1S/C21H24N2O4/c24-20(16-26-19-9-5-2-6-10-19)22-18-11-13-23(14-12-18)21(25)27-15-17-7-3-1-4-8-17/h1-10,18H,11-16H2,(H,22,24). The van der Waals surface area contributed by atoms with Crippen molar-refractivity contribution in [2.75, 3.05) is 19.7 Å². The second kappa shape index (κ2) is 9.62. The van der Waals surface area contributed by atoms with Crippen LogP contribution in [0.4, 0.5) is 4.79 Å². The molecule has 3 rings (SSSR count). The highest BCUT2D eigenvalue weighted by Crippen LogP contribution is 2.13. The van der Waals surface area contributed by atoms with Crippen LogP contribution in [-0.2, 0) is 16.1 Å². The van der Waals surface area contributed by atoms with Crippen LogP contribution in [0.5, 0.6) is 5.75 Å². The van der Waals surface area contributed by atoms with Gasteiger partial charge in [-0.3, -0.25) is 4.79 Å². The molecule has 0 saturated carbocycles. The fourth-order valence-electron chi connectivity index (χ4n) is 2.95. The van der Waals surface area contributed by atoms with Gasteiger partial charge in [0.15, 0.2) is 6.61 Å². The molecule has 6 nitrogen and oxygen atoms in total. The molecule has 0 aromatic heterocycles. The number of likely N-dealkylation sites (tertiary alicyclic amines) is 1. The summed E-state index contributed by atoms with van der Waals surface area (Å²) in [5.41, 5.74) is 0.964. The van der Waals surface area contributed by atoms with Gasteiger partial charge in [-0.25, -0.2) is 4.79 Å². The maximum Gasteiger partial charge on any atom is 0.410 e. The van der Waals surface area contributed by atoms with E-state index in [1.54, 1.807) is 4.90 Å². The number of rotatable bonds is 6. The van der Waals surface area contributed by atoms with Gasteiger partial charge in [-0.1, -0.05) is 48.5 Å². The molecule has 0 unspecified atom stereocenters. The van der Waals surface area contributed by atoms with Gasteiger partial charge in [0, 0.05) is 19.1 Å². The number of nitrogens with zero attached hydrogens (tertiary/aromatic N) is 1. The van der Waals surface area contributed by atoms with E-state index in [0.29, 0.717) is 31.7 Å². The zero-order valence-electron chi connectivity index (χ0n) is 15.2. The van der Waals surface area contributed by atoms with E-state index in [2.05, 4.69) is 5.32 Å². The molecule has 27 heavy (non-hydrogen) atoms. The maximum absolute atomic E-state index is 12.2. The van der Waals surface area contributed by atoms with Crippen LogP contribution in [0.2, 0.25) is 0 Å². The van der Waals surface area contributed by atoms with E-state index in [0.717, 1.165) is 5.56 Å². The molecule has 2 aromatic carbocycles. The number of carbonyl (C=O) groups excluding carboxylic acids is 2. The van der Waals surface area contributed by atoms with Gasteiger partial charge in [0.2, 0.25) is 0 Å². The maximum atomic E-state index is 12.2. The Hall–Kier alpha value is -3.02. The molecule has 0 aliphatic carbocycles. The Morgan fingerprint density at radius 2 is 1.59 bits per heavy atom. The first kappa shape index (κ1) is 18.8. The predicted molar refractivity (Wildman–Crippen MR) is 101 cm³/mol. The molecule has 6 heteroatoms. The third kappa shape index (κ3) is 6.02. The smallest absolute Gasteiger partial charge is 0.410 e. The summed E-state index contributed by atoms with van der Waals surface area (Å²) >= 11 is 0. The lowest BCUT2D eigenvalue weighted by Gasteiger charge is -2.31. The summed E-state index contributed by atoms with van der Waals surface area (Å²) in [5.74, 6) is 0.521. The number of nitrogens with one attached hydrogen (secondary N) is 1. The van der Waals surface area contributed by atoms with Crippen molar-refractivity contribution in [1.29, 1.82) is 0 Å². The van der Waals surface area contributed by atoms with Gasteiger partial charge in [-0.2, -0.15) is 0 Å². The van der Waals surface area contributed by atoms with Crippen molar-refractivity contribution in [3.8, 4) is 5.75 Å². The largest absolute Gasteiger partial charge is 0.484 e. The molecular formula is C21H24N2O4. The van der Waals surface area contributed by atoms with Crippen molar-refractivity contribution in [3.05, 3.63) is 66.2 Å². The van der Waals surface area contributed by atoms with Crippen LogP contribution in [0.15, 0.2) is 60.7 Å². The van der Waals surface area contributed by atoms with Crippen molar-refractivity contribution in [3.63, 3.8) is 0 Å². The van der Waals surface area contributed by atoms with Crippen LogP contribution < -0.4 is 10.1 Å². The van der Waals surface area contributed by atoms with Crippen LogP contribution >= 0.6 is 0 Å². The van der Waals surface area contributed by atoms with Crippen molar-refractivity contribution < 1.29 is 19.1 Å². The number of hydrogen-bond acceptors (Lipinski definition) is 4. The Morgan fingerprint density at radius 3 is 2.26 bits per heavy atom. The molecule has 1 aliphatic heterocycles. The molecule has 0 radical (unpaired) electrons. The molecule has 142 valence electrons. The summed E-state index contributed by atoms with van der Waals surface area (Å²) in [5, 5.41) is 2.96. The molecule has 2 aromatic rings. The molecule has 1 fully saturated rings. The first-order valence-electron chi connectivity index (χ1n) is 9.13. The number of amides is 2. The fraction of sp³-hybridized carbons (Fsp3) is 0.333. The fourth-order valence-corrected chi connectivity index (χ4v) is 2.95. The van der Waals surface area contributed by atoms with Crippen molar-refractivity contribution in [1.82, 2.24) is 10.2 Å². The number of benzene rings is 2. The van der Waals surface area contributed by atoms with Crippen LogP contribution in [0.3, 0.4) is 0 Å². The minimum absolute atomic E-state index is 0.0106. The van der Waals surface area contributed by atoms with Gasteiger partial charge in [0.1, 0.15) is 12.4 Å². The number of piperidine rings is 1. The van der Waals surface area contributed by atoms with Crippen LogP contribution in [0, 0.1) is 0 Å². The van der Waals surface area contributed by atoms with Gasteiger partial charge >= 0.3 is 6.09 Å². The monoisotopic (exact) mass is 368 g/mol. The first-order valence-corrected chi connectivity index (χ1v) is 9.13. The molecule has 1 heterocycles. The Morgan fingerprint density at radius 1 is 0.963 bits per heavy atom. The van der Waals surface area contributed by atoms with Gasteiger partial charge in [0.25, 0.3) is 5.91 Å². The van der Waals surface area contributed by atoms with Crippen LogP contribution in [0.25, 0.3) is 0 Å². The van der Waals surface area contributed by atoms with E-state index >= 15 is 0 Å². The summed E-state index contributed by atoms with van der Waals surface area (Å²) in [7, 11) is 0. The molecule has 0 atom stereocenters. The van der Waals surface area contributed by atoms with Crippen molar-refractivity contribution >= 4 is 12.0 Å². The zero-order valence-corrected chi connectivity index (χ0v) is 15.2. The summed E-state index contributed by atoms with van der Waals surface area (Å²) in [6, 6.07) is 18.9. The van der Waals surface area contributed by atoms with Gasteiger partial charge in [-0.05, 0) is 30.5 Å². The second-order valence-electron chi connectivity index (χ2n) is 6.47. The molecular weight excluding hydrogens is 344 g/mol. The quantitative estimate of drug-likeness (QED) is 0.851. The highest BCUT2D eigenvalue weighted by molar-refractivity contribution is 5.78. The SMILES string of the molecule is O=C(COc1ccccc1)NC1CCN(C(=O)OCc2ccccc2)CC1. The minimum Gasteiger partial charge on any atom is -0.484 e. The van der Waals surface area contributed by atoms with E-state index in [9.17, 15) is 9.59 Å². The van der Waals surface area contributed by atoms with E-state index in [1.165, 1.54) is 0 Å². The van der Waals surface area contributed by atoms with Crippen molar-refractivity contribution in [2.24, 2.45) is 0 Å². The Balaban J connectivity index is 1.34. The van der Waals surface area contributed by atoms with Gasteiger partial charge in [0.05, 0.1) is 0 Å². The summed E-state index contributed by atoms with van der Waals surface area (Å²) in [6.45, 7) is 1.40. The zero-order chi connectivity index (χ0) is 18.9.